The van der Waals surface area contributed by atoms with E-state index in [1.54, 1.807) is 11.8 Å². The molecule has 2 aromatic rings. The van der Waals surface area contributed by atoms with Gasteiger partial charge in [0.05, 0.1) is 18.6 Å². The summed E-state index contributed by atoms with van der Waals surface area (Å²) >= 11 is 0. The zero-order valence-corrected chi connectivity index (χ0v) is 19.8. The van der Waals surface area contributed by atoms with Crippen molar-refractivity contribution < 1.29 is 14.7 Å². The first kappa shape index (κ1) is 23.5. The lowest BCUT2D eigenvalue weighted by Gasteiger charge is -2.34. The number of rotatable bonds is 6. The second-order valence-corrected chi connectivity index (χ2v) is 9.91. The number of aliphatic hydroxyl groups excluding tert-OH is 1. The Morgan fingerprint density at radius 3 is 2.55 bits per heavy atom. The molecule has 0 aromatic heterocycles. The fourth-order valence-corrected chi connectivity index (χ4v) is 5.68. The van der Waals surface area contributed by atoms with Crippen LogP contribution in [-0.2, 0) is 34.3 Å². The maximum Gasteiger partial charge on any atom is 0.227 e. The number of likely N-dealkylation sites (N-methyl/N-ethyl adjacent to an activating group) is 1. The van der Waals surface area contributed by atoms with Gasteiger partial charge >= 0.3 is 0 Å². The lowest BCUT2D eigenvalue weighted by atomic mass is 9.74. The highest BCUT2D eigenvalue weighted by atomic mass is 16.3. The lowest BCUT2D eigenvalue weighted by molar-refractivity contribution is -0.133. The third-order valence-electron chi connectivity index (χ3n) is 7.75. The van der Waals surface area contributed by atoms with E-state index >= 15 is 0 Å². The molecule has 3 atom stereocenters. The second-order valence-electron chi connectivity index (χ2n) is 9.91. The number of nitrogens with zero attached hydrogens (tertiary/aromatic N) is 1. The van der Waals surface area contributed by atoms with Gasteiger partial charge in [-0.2, -0.15) is 0 Å². The largest absolute Gasteiger partial charge is 0.391 e. The van der Waals surface area contributed by atoms with Crippen LogP contribution in [-0.4, -0.2) is 47.6 Å². The third-order valence-corrected chi connectivity index (χ3v) is 7.75. The van der Waals surface area contributed by atoms with Crippen molar-refractivity contribution in [2.24, 2.45) is 0 Å². The zero-order valence-electron chi connectivity index (χ0n) is 19.8. The van der Waals surface area contributed by atoms with Gasteiger partial charge in [0.1, 0.15) is 0 Å². The fraction of sp³-hybridized carbons (Fsp3) is 0.500. The van der Waals surface area contributed by atoms with Gasteiger partial charge in [0.25, 0.3) is 0 Å². The molecule has 1 fully saturated rings. The van der Waals surface area contributed by atoms with Crippen LogP contribution >= 0.6 is 0 Å². The molecule has 5 nitrogen and oxygen atoms in total. The number of hydrogen-bond acceptors (Lipinski definition) is 3. The van der Waals surface area contributed by atoms with E-state index in [2.05, 4.69) is 35.6 Å². The highest BCUT2D eigenvalue weighted by Crippen LogP contribution is 2.39. The average molecular weight is 449 g/mol. The Morgan fingerprint density at radius 2 is 1.79 bits per heavy atom. The van der Waals surface area contributed by atoms with Crippen LogP contribution in [0.25, 0.3) is 0 Å². The molecule has 0 radical (unpaired) electrons. The van der Waals surface area contributed by atoms with Crippen LogP contribution in [0, 0.1) is 0 Å². The van der Waals surface area contributed by atoms with Crippen molar-refractivity contribution in [3.8, 4) is 0 Å². The standard InChI is InChI=1S/C28H36N2O3/c1-20(31)29-19-28(24-9-4-3-5-10-24)15-13-25(26(32)14-16-28)30(2)27(33)18-21-11-12-22-7-6-8-23(22)17-21/h3-5,9-12,17,25-26,32H,6-8,13-16,18-19H2,1-2H3,(H,29,31)/t25-,26-,28-/m1/s1. The van der Waals surface area contributed by atoms with Gasteiger partial charge in [0, 0.05) is 25.9 Å². The van der Waals surface area contributed by atoms with Gasteiger partial charge in [0.15, 0.2) is 0 Å². The van der Waals surface area contributed by atoms with Crippen molar-refractivity contribution in [3.63, 3.8) is 0 Å². The number of fused-ring (bicyclic) bond motifs is 1. The second kappa shape index (κ2) is 10.1. The molecular formula is C28H36N2O3. The molecule has 2 aromatic carbocycles. The Labute approximate surface area is 197 Å². The molecule has 2 aliphatic rings. The van der Waals surface area contributed by atoms with Gasteiger partial charge in [-0.25, -0.2) is 0 Å². The van der Waals surface area contributed by atoms with E-state index in [-0.39, 0.29) is 23.3 Å². The highest BCUT2D eigenvalue weighted by molar-refractivity contribution is 5.79. The van der Waals surface area contributed by atoms with Gasteiger partial charge in [-0.1, -0.05) is 48.5 Å². The molecule has 0 bridgehead atoms. The first-order valence-electron chi connectivity index (χ1n) is 12.2. The summed E-state index contributed by atoms with van der Waals surface area (Å²) in [6.07, 6.45) is 6.08. The van der Waals surface area contributed by atoms with Crippen LogP contribution in [0.2, 0.25) is 0 Å². The van der Waals surface area contributed by atoms with Crippen molar-refractivity contribution in [3.05, 3.63) is 70.8 Å². The molecule has 0 aliphatic heterocycles. The molecule has 0 heterocycles. The summed E-state index contributed by atoms with van der Waals surface area (Å²) in [6, 6.07) is 16.5. The van der Waals surface area contributed by atoms with Crippen molar-refractivity contribution in [1.82, 2.24) is 10.2 Å². The lowest BCUT2D eigenvalue weighted by Crippen LogP contribution is -2.45. The van der Waals surface area contributed by atoms with Crippen molar-refractivity contribution in [1.29, 1.82) is 0 Å². The van der Waals surface area contributed by atoms with Gasteiger partial charge in [-0.15, -0.1) is 0 Å². The van der Waals surface area contributed by atoms with Gasteiger partial charge < -0.3 is 15.3 Å². The van der Waals surface area contributed by atoms with E-state index in [1.807, 2.05) is 25.2 Å². The van der Waals surface area contributed by atoms with E-state index < -0.39 is 6.10 Å². The maximum atomic E-state index is 13.2. The van der Waals surface area contributed by atoms with Gasteiger partial charge in [0.2, 0.25) is 11.8 Å². The first-order valence-corrected chi connectivity index (χ1v) is 12.2. The zero-order chi connectivity index (χ0) is 23.4. The van der Waals surface area contributed by atoms with Crippen LogP contribution in [0.4, 0.5) is 0 Å². The summed E-state index contributed by atoms with van der Waals surface area (Å²) in [5.41, 5.74) is 4.78. The number of benzene rings is 2. The van der Waals surface area contributed by atoms with E-state index in [0.717, 1.165) is 31.2 Å². The van der Waals surface area contributed by atoms with Crippen LogP contribution in [0.15, 0.2) is 48.5 Å². The first-order chi connectivity index (χ1) is 15.9. The monoisotopic (exact) mass is 448 g/mol. The Hall–Kier alpha value is -2.66. The number of nitrogens with one attached hydrogen (secondary N) is 1. The summed E-state index contributed by atoms with van der Waals surface area (Å²) in [7, 11) is 1.83. The van der Waals surface area contributed by atoms with E-state index in [9.17, 15) is 14.7 Å². The summed E-state index contributed by atoms with van der Waals surface area (Å²) < 4.78 is 0. The number of hydrogen-bond donors (Lipinski definition) is 2. The van der Waals surface area contributed by atoms with Crippen LogP contribution in [0.3, 0.4) is 0 Å². The minimum atomic E-state index is -0.582. The number of amides is 2. The van der Waals surface area contributed by atoms with E-state index in [4.69, 9.17) is 0 Å². The number of carbonyl (C=O) groups excluding carboxylic acids is 2. The molecule has 1 saturated carbocycles. The Kier molecular flexibility index (Phi) is 7.18. The molecule has 2 N–H and O–H groups in total. The molecule has 176 valence electrons. The number of aliphatic hydroxyl groups is 1. The number of carbonyl (C=O) groups is 2. The van der Waals surface area contributed by atoms with Crippen LogP contribution < -0.4 is 5.32 Å². The van der Waals surface area contributed by atoms with Crippen molar-refractivity contribution in [2.45, 2.75) is 75.9 Å². The molecular weight excluding hydrogens is 412 g/mol. The molecule has 33 heavy (non-hydrogen) atoms. The minimum absolute atomic E-state index is 0.0473. The quantitative estimate of drug-likeness (QED) is 0.664. The third kappa shape index (κ3) is 5.30. The average Bonchev–Trinajstić information content (AvgIpc) is 3.21. The molecule has 2 aliphatic carbocycles. The molecule has 0 spiro atoms. The molecule has 5 heteroatoms. The van der Waals surface area contributed by atoms with Crippen LogP contribution in [0.1, 0.15) is 61.3 Å². The van der Waals surface area contributed by atoms with Crippen molar-refractivity contribution in [2.75, 3.05) is 13.6 Å². The maximum absolute atomic E-state index is 13.2. The highest BCUT2D eigenvalue weighted by Gasteiger charge is 2.40. The normalized spacial score (nSPS) is 24.6. The predicted octanol–water partition coefficient (Wildman–Crippen LogP) is 3.55. The molecule has 0 unspecified atom stereocenters. The van der Waals surface area contributed by atoms with E-state index in [0.29, 0.717) is 25.8 Å². The van der Waals surface area contributed by atoms with Crippen LogP contribution in [0.5, 0.6) is 0 Å². The minimum Gasteiger partial charge on any atom is -0.391 e. The van der Waals surface area contributed by atoms with E-state index in [1.165, 1.54) is 23.1 Å². The predicted molar refractivity (Wildman–Crippen MR) is 130 cm³/mol. The summed E-state index contributed by atoms with van der Waals surface area (Å²) in [6.45, 7) is 2.08. The smallest absolute Gasteiger partial charge is 0.227 e. The Morgan fingerprint density at radius 1 is 1.06 bits per heavy atom. The summed E-state index contributed by atoms with van der Waals surface area (Å²) in [5.74, 6) is -0.000590. The fourth-order valence-electron chi connectivity index (χ4n) is 5.68. The Bertz CT molecular complexity index is 990. The van der Waals surface area contributed by atoms with Crippen molar-refractivity contribution >= 4 is 11.8 Å². The summed E-state index contributed by atoms with van der Waals surface area (Å²) in [4.78, 5) is 26.6. The SMILES string of the molecule is CC(=O)NC[C@]1(c2ccccc2)CC[C@@H](O)[C@H](N(C)C(=O)Cc2ccc3c(c2)CCC3)CC1. The molecule has 0 saturated heterocycles. The molecule has 4 rings (SSSR count). The van der Waals surface area contributed by atoms with Gasteiger partial charge in [-0.3, -0.25) is 9.59 Å². The number of aryl methyl sites for hydroxylation is 2. The Balaban J connectivity index is 1.48. The summed E-state index contributed by atoms with van der Waals surface area (Å²) in [5, 5.41) is 14.1. The molecule has 2 amide bonds. The van der Waals surface area contributed by atoms with Gasteiger partial charge in [-0.05, 0) is 67.2 Å². The topological polar surface area (TPSA) is 69.6 Å².